The van der Waals surface area contributed by atoms with E-state index in [0.717, 1.165) is 10.9 Å². The molecule has 0 fully saturated rings. The summed E-state index contributed by atoms with van der Waals surface area (Å²) in [5.41, 5.74) is 1.32. The molecule has 2 aromatic heterocycles. The van der Waals surface area contributed by atoms with Crippen LogP contribution in [0.5, 0.6) is 0 Å². The van der Waals surface area contributed by atoms with Crippen LogP contribution in [0.25, 0.3) is 22.4 Å². The fourth-order valence-electron chi connectivity index (χ4n) is 1.73. The highest BCUT2D eigenvalue weighted by atomic mass is 79.9. The molecule has 0 amide bonds. The zero-order chi connectivity index (χ0) is 14.3. The molecular weight excluding hydrogens is 341 g/mol. The average Bonchev–Trinajstić information content (AvgIpc) is 2.95. The van der Waals surface area contributed by atoms with Gasteiger partial charge in [0.25, 0.3) is 0 Å². The minimum Gasteiger partial charge on any atom is -0.420 e. The molecule has 0 saturated heterocycles. The summed E-state index contributed by atoms with van der Waals surface area (Å²) in [6.45, 7) is 0. The van der Waals surface area contributed by atoms with Crippen LogP contribution in [-0.2, 0) is 6.42 Å². The first-order chi connectivity index (χ1) is 9.42. The van der Waals surface area contributed by atoms with Crippen molar-refractivity contribution in [3.8, 4) is 11.5 Å². The van der Waals surface area contributed by atoms with Crippen molar-refractivity contribution in [2.45, 2.75) is 12.6 Å². The maximum Gasteiger partial charge on any atom is 0.397 e. The van der Waals surface area contributed by atoms with E-state index in [9.17, 15) is 13.2 Å². The summed E-state index contributed by atoms with van der Waals surface area (Å²) in [6.07, 6.45) is -5.61. The third kappa shape index (κ3) is 2.53. The first-order valence-corrected chi connectivity index (χ1v) is 6.25. The topological polar surface area (TPSA) is 67.6 Å². The lowest BCUT2D eigenvalue weighted by Gasteiger charge is -2.00. The Bertz CT molecular complexity index is 764. The third-order valence-electron chi connectivity index (χ3n) is 2.58. The number of nitrogens with one attached hydrogen (secondary N) is 1. The first kappa shape index (κ1) is 13.1. The smallest absolute Gasteiger partial charge is 0.397 e. The molecule has 0 spiro atoms. The molecule has 5 nitrogen and oxygen atoms in total. The van der Waals surface area contributed by atoms with Gasteiger partial charge in [0.15, 0.2) is 0 Å². The summed E-state index contributed by atoms with van der Waals surface area (Å²) in [4.78, 5) is 0. The van der Waals surface area contributed by atoms with E-state index < -0.39 is 18.5 Å². The predicted molar refractivity (Wildman–Crippen MR) is 66.8 cm³/mol. The van der Waals surface area contributed by atoms with Gasteiger partial charge in [-0.15, -0.1) is 10.2 Å². The molecule has 0 radical (unpaired) electrons. The van der Waals surface area contributed by atoms with E-state index in [0.29, 0.717) is 10.2 Å². The molecule has 0 bridgehead atoms. The quantitative estimate of drug-likeness (QED) is 0.771. The van der Waals surface area contributed by atoms with Gasteiger partial charge < -0.3 is 4.42 Å². The first-order valence-electron chi connectivity index (χ1n) is 5.45. The fourth-order valence-corrected chi connectivity index (χ4v) is 2.14. The molecule has 0 aliphatic rings. The van der Waals surface area contributed by atoms with Crippen molar-refractivity contribution in [1.29, 1.82) is 0 Å². The lowest BCUT2D eigenvalue weighted by atomic mass is 10.1. The zero-order valence-electron chi connectivity index (χ0n) is 9.70. The number of halogens is 4. The SMILES string of the molecule is FC(F)(F)Cc1nnc(-c2ccc3[nH]nc(Br)c3c2)o1. The molecule has 0 aliphatic heterocycles. The van der Waals surface area contributed by atoms with Gasteiger partial charge in [-0.25, -0.2) is 0 Å². The van der Waals surface area contributed by atoms with Crippen molar-refractivity contribution in [2.24, 2.45) is 0 Å². The van der Waals surface area contributed by atoms with E-state index in [1.165, 1.54) is 0 Å². The maximum atomic E-state index is 12.2. The van der Waals surface area contributed by atoms with Gasteiger partial charge in [0, 0.05) is 10.9 Å². The van der Waals surface area contributed by atoms with Gasteiger partial charge in [0.2, 0.25) is 11.8 Å². The third-order valence-corrected chi connectivity index (χ3v) is 3.19. The zero-order valence-corrected chi connectivity index (χ0v) is 11.3. The predicted octanol–water partition coefficient (Wildman–Crippen LogP) is 3.48. The van der Waals surface area contributed by atoms with Gasteiger partial charge in [-0.05, 0) is 34.1 Å². The van der Waals surface area contributed by atoms with Crippen LogP contribution >= 0.6 is 15.9 Å². The number of nitrogens with zero attached hydrogens (tertiary/aromatic N) is 3. The Hall–Kier alpha value is -1.90. The molecular formula is C11H6BrF3N4O. The summed E-state index contributed by atoms with van der Waals surface area (Å²) in [5.74, 6) is -0.418. The molecule has 104 valence electrons. The van der Waals surface area contributed by atoms with Crippen LogP contribution < -0.4 is 0 Å². The van der Waals surface area contributed by atoms with E-state index in [1.54, 1.807) is 18.2 Å². The second-order valence-corrected chi connectivity index (χ2v) is 4.82. The molecule has 0 saturated carbocycles. The number of fused-ring (bicyclic) bond motifs is 1. The molecule has 9 heteroatoms. The summed E-state index contributed by atoms with van der Waals surface area (Å²) < 4.78 is 42.3. The molecule has 1 aromatic carbocycles. The standard InChI is InChI=1S/C11H6BrF3N4O/c12-9-6-3-5(1-2-7(6)16-18-9)10-19-17-8(20-10)4-11(13,14)15/h1-3H,4H2,(H,16,18). The minimum absolute atomic E-state index is 0.0410. The fraction of sp³-hybridized carbons (Fsp3) is 0.182. The summed E-state index contributed by atoms with van der Waals surface area (Å²) in [5, 5.41) is 14.6. The number of aromatic amines is 1. The molecule has 1 N–H and O–H groups in total. The van der Waals surface area contributed by atoms with Crippen molar-refractivity contribution in [3.05, 3.63) is 28.7 Å². The van der Waals surface area contributed by atoms with Crippen molar-refractivity contribution in [2.75, 3.05) is 0 Å². The van der Waals surface area contributed by atoms with Crippen molar-refractivity contribution >= 4 is 26.8 Å². The Labute approximate surface area is 118 Å². The summed E-state index contributed by atoms with van der Waals surface area (Å²) >= 11 is 3.26. The van der Waals surface area contributed by atoms with Gasteiger partial charge in [0.05, 0.1) is 5.52 Å². The summed E-state index contributed by atoms with van der Waals surface area (Å²) in [6, 6.07) is 5.10. The molecule has 20 heavy (non-hydrogen) atoms. The van der Waals surface area contributed by atoms with Crippen molar-refractivity contribution in [3.63, 3.8) is 0 Å². The van der Waals surface area contributed by atoms with Crippen molar-refractivity contribution < 1.29 is 17.6 Å². The van der Waals surface area contributed by atoms with E-state index in [4.69, 9.17) is 4.42 Å². The van der Waals surface area contributed by atoms with Crippen LogP contribution in [0, 0.1) is 0 Å². The van der Waals surface area contributed by atoms with Crippen LogP contribution in [0.1, 0.15) is 5.89 Å². The highest BCUT2D eigenvalue weighted by Gasteiger charge is 2.31. The monoisotopic (exact) mass is 346 g/mol. The van der Waals surface area contributed by atoms with E-state index in [-0.39, 0.29) is 5.89 Å². The highest BCUT2D eigenvalue weighted by Crippen LogP contribution is 2.28. The number of benzene rings is 1. The lowest BCUT2D eigenvalue weighted by Crippen LogP contribution is -2.11. The van der Waals surface area contributed by atoms with Gasteiger partial charge in [-0.1, -0.05) is 0 Å². The number of alkyl halides is 3. The highest BCUT2D eigenvalue weighted by molar-refractivity contribution is 9.10. The number of hydrogen-bond acceptors (Lipinski definition) is 4. The molecule has 0 aliphatic carbocycles. The second kappa shape index (κ2) is 4.58. The van der Waals surface area contributed by atoms with Crippen LogP contribution in [0.15, 0.2) is 27.2 Å². The Morgan fingerprint density at radius 2 is 2.05 bits per heavy atom. The average molecular weight is 347 g/mol. The molecule has 3 rings (SSSR count). The molecule has 0 atom stereocenters. The van der Waals surface area contributed by atoms with Gasteiger partial charge in [-0.2, -0.15) is 18.3 Å². The lowest BCUT2D eigenvalue weighted by molar-refractivity contribution is -0.130. The number of rotatable bonds is 2. The van der Waals surface area contributed by atoms with Crippen LogP contribution in [0.4, 0.5) is 13.2 Å². The van der Waals surface area contributed by atoms with Crippen LogP contribution in [0.2, 0.25) is 0 Å². The van der Waals surface area contributed by atoms with E-state index in [2.05, 4.69) is 36.3 Å². The number of hydrogen-bond donors (Lipinski definition) is 1. The molecule has 2 heterocycles. The van der Waals surface area contributed by atoms with E-state index >= 15 is 0 Å². The van der Waals surface area contributed by atoms with Gasteiger partial charge >= 0.3 is 6.18 Å². The normalized spacial score (nSPS) is 12.2. The van der Waals surface area contributed by atoms with E-state index in [1.807, 2.05) is 0 Å². The van der Waals surface area contributed by atoms with Gasteiger partial charge in [0.1, 0.15) is 11.0 Å². The van der Waals surface area contributed by atoms with Gasteiger partial charge in [-0.3, -0.25) is 5.10 Å². The second-order valence-electron chi connectivity index (χ2n) is 4.07. The Balaban J connectivity index is 1.96. The largest absolute Gasteiger partial charge is 0.420 e. The maximum absolute atomic E-state index is 12.2. The Morgan fingerprint density at radius 3 is 2.80 bits per heavy atom. The molecule has 3 aromatic rings. The van der Waals surface area contributed by atoms with Crippen molar-refractivity contribution in [1.82, 2.24) is 20.4 Å². The summed E-state index contributed by atoms with van der Waals surface area (Å²) in [7, 11) is 0. The van der Waals surface area contributed by atoms with Crippen LogP contribution in [0.3, 0.4) is 0 Å². The number of H-pyrrole nitrogens is 1. The van der Waals surface area contributed by atoms with Crippen LogP contribution in [-0.4, -0.2) is 26.6 Å². The number of aromatic nitrogens is 4. The Morgan fingerprint density at radius 1 is 1.25 bits per heavy atom. The minimum atomic E-state index is -4.37. The molecule has 0 unspecified atom stereocenters. The Kier molecular flexibility index (Phi) is 3.00.